The van der Waals surface area contributed by atoms with Crippen LogP contribution >= 0.6 is 12.2 Å². The van der Waals surface area contributed by atoms with Gasteiger partial charge in [-0.3, -0.25) is 9.36 Å². The molecule has 4 N–H and O–H groups in total. The van der Waals surface area contributed by atoms with Crippen LogP contribution in [0.25, 0.3) is 11.4 Å². The first-order chi connectivity index (χ1) is 14.6. The lowest BCUT2D eigenvalue weighted by atomic mass is 9.96. The third-order valence-corrected chi connectivity index (χ3v) is 5.66. The molecule has 31 heavy (non-hydrogen) atoms. The molecule has 1 fully saturated rings. The van der Waals surface area contributed by atoms with Crippen LogP contribution in [0.5, 0.6) is 0 Å². The van der Waals surface area contributed by atoms with E-state index in [1.54, 1.807) is 0 Å². The maximum absolute atomic E-state index is 11.8. The van der Waals surface area contributed by atoms with Gasteiger partial charge in [-0.05, 0) is 25.1 Å². The van der Waals surface area contributed by atoms with E-state index in [9.17, 15) is 20.1 Å². The lowest BCUT2D eigenvalue weighted by molar-refractivity contribution is -0.219. The number of hydrogen-bond acceptors (Lipinski definition) is 7. The van der Waals surface area contributed by atoms with Gasteiger partial charge in [-0.2, -0.15) is 0 Å². The van der Waals surface area contributed by atoms with Crippen molar-refractivity contribution in [1.29, 1.82) is 0 Å². The second kappa shape index (κ2) is 9.58. The topological polar surface area (TPSA) is 122 Å². The Kier molecular flexibility index (Phi) is 7.28. The van der Waals surface area contributed by atoms with Crippen LogP contribution in [-0.2, 0) is 16.1 Å². The van der Waals surface area contributed by atoms with Gasteiger partial charge >= 0.3 is 0 Å². The fraction of sp³-hybridized carbons (Fsp3) is 0.571. The Morgan fingerprint density at radius 1 is 1.26 bits per heavy atom. The van der Waals surface area contributed by atoms with Crippen molar-refractivity contribution in [2.75, 3.05) is 6.61 Å². The van der Waals surface area contributed by atoms with Gasteiger partial charge in [0.05, 0.1) is 6.61 Å². The SMILES string of the molecule is CC(=O)N[C@@H]1[C@@H](O)[C@H](O)[C@@H](CO)O[C@H]1n1nc(-c2ccc(C)cc2)n(CC(C)C)c1=S. The van der Waals surface area contributed by atoms with Crippen molar-refractivity contribution < 1.29 is 24.9 Å². The van der Waals surface area contributed by atoms with Crippen LogP contribution in [0.1, 0.15) is 32.6 Å². The molecular weight excluding hydrogens is 420 g/mol. The number of rotatable bonds is 6. The summed E-state index contributed by atoms with van der Waals surface area (Å²) in [5.41, 5.74) is 1.98. The predicted molar refractivity (Wildman–Crippen MR) is 117 cm³/mol. The minimum absolute atomic E-state index is 0.282. The largest absolute Gasteiger partial charge is 0.394 e. The molecule has 2 heterocycles. The normalized spacial score (nSPS) is 26.3. The van der Waals surface area contributed by atoms with E-state index in [-0.39, 0.29) is 5.92 Å². The molecule has 0 unspecified atom stereocenters. The number of aliphatic hydroxyl groups is 3. The molecular formula is C21H30N4O5S. The average Bonchev–Trinajstić information content (AvgIpc) is 3.02. The summed E-state index contributed by atoms with van der Waals surface area (Å²) in [6.07, 6.45) is -4.81. The van der Waals surface area contributed by atoms with Gasteiger partial charge < -0.3 is 25.4 Å². The monoisotopic (exact) mass is 450 g/mol. The first-order valence-corrected chi connectivity index (χ1v) is 10.7. The van der Waals surface area contributed by atoms with Gasteiger partial charge in [-0.25, -0.2) is 4.68 Å². The Morgan fingerprint density at radius 3 is 2.45 bits per heavy atom. The number of benzene rings is 1. The van der Waals surface area contributed by atoms with Gasteiger partial charge in [-0.1, -0.05) is 43.7 Å². The number of hydrogen-bond donors (Lipinski definition) is 4. The van der Waals surface area contributed by atoms with Gasteiger partial charge in [-0.15, -0.1) is 5.10 Å². The Hall–Kier alpha value is -2.11. The highest BCUT2D eigenvalue weighted by Crippen LogP contribution is 2.30. The van der Waals surface area contributed by atoms with Crippen molar-refractivity contribution in [3.8, 4) is 11.4 Å². The second-order valence-corrected chi connectivity index (χ2v) is 8.74. The molecule has 2 aromatic rings. The standard InChI is InChI=1S/C21H30N4O5S/c1-11(2)9-24-19(14-7-5-12(3)6-8-14)23-25(21(24)31)20-16(22-13(4)27)18(29)17(28)15(10-26)30-20/h5-8,11,15-18,20,26,28-29H,9-10H2,1-4H3,(H,22,27)/t15-,16-,17-,18-,20-/m1/s1. The smallest absolute Gasteiger partial charge is 0.217 e. The van der Waals surface area contributed by atoms with Crippen molar-refractivity contribution in [3.05, 3.63) is 34.6 Å². The summed E-state index contributed by atoms with van der Waals surface area (Å²) < 4.78 is 9.55. The van der Waals surface area contributed by atoms with E-state index < -0.39 is 43.1 Å². The zero-order valence-corrected chi connectivity index (χ0v) is 18.9. The fourth-order valence-electron chi connectivity index (χ4n) is 3.72. The van der Waals surface area contributed by atoms with Crippen LogP contribution in [0.2, 0.25) is 0 Å². The van der Waals surface area contributed by atoms with Gasteiger partial charge in [0.1, 0.15) is 24.4 Å². The highest BCUT2D eigenvalue weighted by atomic mass is 32.1. The molecule has 0 spiro atoms. The summed E-state index contributed by atoms with van der Waals surface area (Å²) in [4.78, 5) is 11.8. The Bertz CT molecular complexity index is 971. The van der Waals surface area contributed by atoms with E-state index >= 15 is 0 Å². The molecule has 0 bridgehead atoms. The van der Waals surface area contributed by atoms with E-state index in [0.717, 1.165) is 11.1 Å². The summed E-state index contributed by atoms with van der Waals surface area (Å²) in [5, 5.41) is 37.9. The second-order valence-electron chi connectivity index (χ2n) is 8.38. The maximum atomic E-state index is 11.8. The van der Waals surface area contributed by atoms with E-state index in [1.807, 2.05) is 35.8 Å². The molecule has 1 aromatic carbocycles. The highest BCUT2D eigenvalue weighted by molar-refractivity contribution is 7.71. The summed E-state index contributed by atoms with van der Waals surface area (Å²) in [6, 6.07) is 6.87. The van der Waals surface area contributed by atoms with Crippen LogP contribution in [0, 0.1) is 17.6 Å². The van der Waals surface area contributed by atoms with Crippen molar-refractivity contribution in [3.63, 3.8) is 0 Å². The van der Waals surface area contributed by atoms with Gasteiger partial charge in [0.25, 0.3) is 0 Å². The van der Waals surface area contributed by atoms with Gasteiger partial charge in [0.15, 0.2) is 12.1 Å². The van der Waals surface area contributed by atoms with E-state index in [1.165, 1.54) is 11.6 Å². The molecule has 1 aliphatic heterocycles. The molecule has 0 saturated carbocycles. The molecule has 0 radical (unpaired) electrons. The number of carbonyl (C=O) groups is 1. The Labute approximate surface area is 186 Å². The molecule has 1 aliphatic rings. The number of aliphatic hydroxyl groups excluding tert-OH is 3. The number of nitrogens with one attached hydrogen (secondary N) is 1. The minimum Gasteiger partial charge on any atom is -0.394 e. The number of carbonyl (C=O) groups excluding carboxylic acids is 1. The van der Waals surface area contributed by atoms with Crippen LogP contribution in [0.4, 0.5) is 0 Å². The lowest BCUT2D eigenvalue weighted by Gasteiger charge is -2.42. The van der Waals surface area contributed by atoms with Gasteiger partial charge in [0, 0.05) is 19.0 Å². The van der Waals surface area contributed by atoms with E-state index in [4.69, 9.17) is 22.1 Å². The molecule has 1 saturated heterocycles. The van der Waals surface area contributed by atoms with Crippen molar-refractivity contribution in [1.82, 2.24) is 19.7 Å². The molecule has 0 aliphatic carbocycles. The average molecular weight is 451 g/mol. The number of nitrogens with zero attached hydrogens (tertiary/aromatic N) is 3. The number of aryl methyl sites for hydroxylation is 1. The quantitative estimate of drug-likeness (QED) is 0.487. The molecule has 9 nitrogen and oxygen atoms in total. The number of amides is 1. The van der Waals surface area contributed by atoms with Crippen LogP contribution in [0.3, 0.4) is 0 Å². The summed E-state index contributed by atoms with van der Waals surface area (Å²) >= 11 is 5.71. The molecule has 10 heteroatoms. The third-order valence-electron chi connectivity index (χ3n) is 5.25. The van der Waals surface area contributed by atoms with E-state index in [2.05, 4.69) is 19.2 Å². The first kappa shape index (κ1) is 23.6. The first-order valence-electron chi connectivity index (χ1n) is 10.3. The van der Waals surface area contributed by atoms with Crippen LogP contribution in [0.15, 0.2) is 24.3 Å². The Morgan fingerprint density at radius 2 is 1.90 bits per heavy atom. The summed E-state index contributed by atoms with van der Waals surface area (Å²) in [5.74, 6) is 0.508. The maximum Gasteiger partial charge on any atom is 0.217 e. The van der Waals surface area contributed by atoms with Crippen molar-refractivity contribution in [2.24, 2.45) is 5.92 Å². The molecule has 170 valence electrons. The number of aromatic nitrogens is 3. The molecule has 5 atom stereocenters. The van der Waals surface area contributed by atoms with Gasteiger partial charge in [0.2, 0.25) is 10.7 Å². The lowest BCUT2D eigenvalue weighted by Crippen LogP contribution is -2.62. The minimum atomic E-state index is -1.38. The van der Waals surface area contributed by atoms with Crippen molar-refractivity contribution in [2.45, 2.75) is 64.8 Å². The van der Waals surface area contributed by atoms with Crippen molar-refractivity contribution >= 4 is 18.1 Å². The zero-order valence-electron chi connectivity index (χ0n) is 18.1. The van der Waals surface area contributed by atoms with Crippen LogP contribution in [-0.4, -0.2) is 66.5 Å². The molecule has 1 aromatic heterocycles. The molecule has 1 amide bonds. The Balaban J connectivity index is 2.13. The highest BCUT2D eigenvalue weighted by Gasteiger charge is 2.46. The number of ether oxygens (including phenoxy) is 1. The fourth-order valence-corrected chi connectivity index (χ4v) is 4.03. The third kappa shape index (κ3) is 4.88. The summed E-state index contributed by atoms with van der Waals surface area (Å²) in [6.45, 7) is 7.54. The summed E-state index contributed by atoms with van der Waals surface area (Å²) in [7, 11) is 0. The molecule has 3 rings (SSSR count). The zero-order chi connectivity index (χ0) is 22.9. The predicted octanol–water partition coefficient (Wildman–Crippen LogP) is 1.16. The van der Waals surface area contributed by atoms with Crippen LogP contribution < -0.4 is 5.32 Å². The van der Waals surface area contributed by atoms with E-state index in [0.29, 0.717) is 17.1 Å².